The Hall–Kier alpha value is -2.35. The minimum atomic E-state index is -1.63. The molecule has 0 bridgehead atoms. The van der Waals surface area contributed by atoms with Crippen molar-refractivity contribution in [2.75, 3.05) is 13.2 Å². The lowest BCUT2D eigenvalue weighted by molar-refractivity contribution is -0.344. The standard InChI is InChI=1S/C24H28O11/c25-10-14-17(28)18(29)19(30)23(32-14)34-22-16-13(8-9-31-22)20(21-24(16,11-26)35-21)33-15(27)7-6-12-4-2-1-3-5-12/h1-9,13-14,16-23,25-26,28-30H,10-11H2/b7-6+/t13-,14-,16?,17-,18+,19-,20+,21+,22+,23+,24-/m1/s1. The summed E-state index contributed by atoms with van der Waals surface area (Å²) in [7, 11) is 0. The van der Waals surface area contributed by atoms with E-state index in [1.54, 1.807) is 12.2 Å². The minimum Gasteiger partial charge on any atom is -0.472 e. The third-order valence-electron chi connectivity index (χ3n) is 7.06. The number of hydrogen-bond donors (Lipinski definition) is 5. The monoisotopic (exact) mass is 492 g/mol. The van der Waals surface area contributed by atoms with Gasteiger partial charge in [0.25, 0.3) is 0 Å². The average Bonchev–Trinajstić information content (AvgIpc) is 3.56. The summed E-state index contributed by atoms with van der Waals surface area (Å²) in [6, 6.07) is 9.26. The summed E-state index contributed by atoms with van der Waals surface area (Å²) in [6.07, 6.45) is -3.78. The van der Waals surface area contributed by atoms with Crippen molar-refractivity contribution >= 4 is 12.0 Å². The van der Waals surface area contributed by atoms with E-state index in [0.717, 1.165) is 5.56 Å². The van der Waals surface area contributed by atoms with Crippen molar-refractivity contribution in [2.45, 2.75) is 54.8 Å². The SMILES string of the molecule is O=C(/C=C/c1ccccc1)O[C@H]1[C@@H]2C=CO[C@@H](O[C@@H]3O[C@H](CO)[C@@H](O)[C@H](O)[C@H]3O)C2[C@@]2(CO)O[C@@H]12. The molecule has 5 rings (SSSR count). The van der Waals surface area contributed by atoms with Crippen LogP contribution in [0.5, 0.6) is 0 Å². The Balaban J connectivity index is 1.31. The van der Waals surface area contributed by atoms with Gasteiger partial charge in [-0.1, -0.05) is 30.3 Å². The van der Waals surface area contributed by atoms with Crippen LogP contribution >= 0.6 is 0 Å². The summed E-state index contributed by atoms with van der Waals surface area (Å²) < 4.78 is 28.3. The Morgan fingerprint density at radius 3 is 2.54 bits per heavy atom. The smallest absolute Gasteiger partial charge is 0.331 e. The van der Waals surface area contributed by atoms with Gasteiger partial charge >= 0.3 is 5.97 Å². The molecule has 11 atom stereocenters. The Labute approximate surface area is 200 Å². The first-order valence-corrected chi connectivity index (χ1v) is 11.4. The molecular formula is C24H28O11. The third kappa shape index (κ3) is 4.28. The zero-order valence-corrected chi connectivity index (χ0v) is 18.6. The first-order chi connectivity index (χ1) is 16.9. The van der Waals surface area contributed by atoms with Crippen LogP contribution in [0.1, 0.15) is 5.56 Å². The van der Waals surface area contributed by atoms with E-state index in [4.69, 9.17) is 23.7 Å². The highest BCUT2D eigenvalue weighted by Crippen LogP contribution is 2.60. The number of ether oxygens (including phenoxy) is 5. The number of epoxide rings is 1. The van der Waals surface area contributed by atoms with Crippen molar-refractivity contribution < 1.29 is 54.0 Å². The zero-order chi connectivity index (χ0) is 24.7. The number of carbonyl (C=O) groups is 1. The summed E-state index contributed by atoms with van der Waals surface area (Å²) >= 11 is 0. The molecule has 3 aliphatic heterocycles. The van der Waals surface area contributed by atoms with E-state index in [1.807, 2.05) is 30.3 Å². The summed E-state index contributed by atoms with van der Waals surface area (Å²) in [4.78, 5) is 12.5. The van der Waals surface area contributed by atoms with Gasteiger partial charge in [0, 0.05) is 12.0 Å². The fraction of sp³-hybridized carbons (Fsp3) is 0.542. The lowest BCUT2D eigenvalue weighted by Crippen LogP contribution is -2.60. The van der Waals surface area contributed by atoms with Gasteiger partial charge in [-0.05, 0) is 17.7 Å². The van der Waals surface area contributed by atoms with Gasteiger partial charge in [-0.15, -0.1) is 0 Å². The van der Waals surface area contributed by atoms with E-state index >= 15 is 0 Å². The molecule has 3 heterocycles. The fourth-order valence-electron chi connectivity index (χ4n) is 5.19. The highest BCUT2D eigenvalue weighted by Gasteiger charge is 2.77. The molecule has 3 fully saturated rings. The molecule has 0 aromatic heterocycles. The van der Waals surface area contributed by atoms with Crippen LogP contribution in [0.15, 0.2) is 48.7 Å². The number of esters is 1. The van der Waals surface area contributed by atoms with Crippen LogP contribution in [-0.2, 0) is 28.5 Å². The number of benzene rings is 1. The van der Waals surface area contributed by atoms with E-state index in [2.05, 4.69) is 0 Å². The van der Waals surface area contributed by atoms with Gasteiger partial charge in [-0.2, -0.15) is 0 Å². The number of carbonyl (C=O) groups excluding carboxylic acids is 1. The van der Waals surface area contributed by atoms with Gasteiger partial charge in [0.05, 0.1) is 25.4 Å². The number of fused-ring (bicyclic) bond motifs is 3. The second kappa shape index (κ2) is 9.60. The Morgan fingerprint density at radius 2 is 1.83 bits per heavy atom. The van der Waals surface area contributed by atoms with Crippen molar-refractivity contribution in [3.8, 4) is 0 Å². The molecule has 0 amide bonds. The van der Waals surface area contributed by atoms with Gasteiger partial charge in [-0.25, -0.2) is 4.79 Å². The van der Waals surface area contributed by atoms with Crippen molar-refractivity contribution in [3.63, 3.8) is 0 Å². The Kier molecular flexibility index (Phi) is 6.68. The highest BCUT2D eigenvalue weighted by atomic mass is 16.8. The molecule has 1 aliphatic carbocycles. The van der Waals surface area contributed by atoms with E-state index in [9.17, 15) is 30.3 Å². The lowest BCUT2D eigenvalue weighted by Gasteiger charge is -2.43. The number of rotatable bonds is 7. The topological polar surface area (TPSA) is 168 Å². The molecule has 1 saturated carbocycles. The van der Waals surface area contributed by atoms with Crippen LogP contribution in [0, 0.1) is 11.8 Å². The summed E-state index contributed by atoms with van der Waals surface area (Å²) in [5.74, 6) is -1.64. The minimum absolute atomic E-state index is 0.390. The summed E-state index contributed by atoms with van der Waals surface area (Å²) in [5, 5.41) is 50.0. The second-order valence-corrected chi connectivity index (χ2v) is 9.07. The van der Waals surface area contributed by atoms with Crippen molar-refractivity contribution in [2.24, 2.45) is 11.8 Å². The fourth-order valence-corrected chi connectivity index (χ4v) is 5.19. The molecule has 1 aromatic carbocycles. The molecule has 0 spiro atoms. The first-order valence-electron chi connectivity index (χ1n) is 11.4. The molecule has 2 saturated heterocycles. The molecule has 5 N–H and O–H groups in total. The molecule has 190 valence electrons. The van der Waals surface area contributed by atoms with Crippen LogP contribution in [-0.4, -0.2) is 99.5 Å². The molecule has 11 heteroatoms. The van der Waals surface area contributed by atoms with Crippen LogP contribution in [0.25, 0.3) is 6.08 Å². The van der Waals surface area contributed by atoms with Crippen LogP contribution < -0.4 is 0 Å². The van der Waals surface area contributed by atoms with Crippen molar-refractivity contribution in [1.29, 1.82) is 0 Å². The molecule has 1 aromatic rings. The van der Waals surface area contributed by atoms with Gasteiger partial charge < -0.3 is 49.2 Å². The van der Waals surface area contributed by atoms with Gasteiger partial charge in [-0.3, -0.25) is 0 Å². The first kappa shape index (κ1) is 24.3. The quantitative estimate of drug-likeness (QED) is 0.174. The molecule has 0 radical (unpaired) electrons. The van der Waals surface area contributed by atoms with E-state index in [1.165, 1.54) is 12.3 Å². The van der Waals surface area contributed by atoms with E-state index in [-0.39, 0.29) is 0 Å². The predicted molar refractivity (Wildman–Crippen MR) is 116 cm³/mol. The Morgan fingerprint density at radius 1 is 1.06 bits per heavy atom. The maximum atomic E-state index is 12.5. The summed E-state index contributed by atoms with van der Waals surface area (Å²) in [6.45, 7) is -0.999. The van der Waals surface area contributed by atoms with E-state index in [0.29, 0.717) is 0 Å². The van der Waals surface area contributed by atoms with E-state index < -0.39 is 85.8 Å². The third-order valence-corrected chi connectivity index (χ3v) is 7.06. The largest absolute Gasteiger partial charge is 0.472 e. The lowest BCUT2D eigenvalue weighted by atomic mass is 9.85. The summed E-state index contributed by atoms with van der Waals surface area (Å²) in [5.41, 5.74) is -0.262. The van der Waals surface area contributed by atoms with Crippen LogP contribution in [0.4, 0.5) is 0 Å². The predicted octanol–water partition coefficient (Wildman–Crippen LogP) is -1.33. The Bertz CT molecular complexity index is 965. The van der Waals surface area contributed by atoms with Crippen molar-refractivity contribution in [1.82, 2.24) is 0 Å². The highest BCUT2D eigenvalue weighted by molar-refractivity contribution is 5.87. The van der Waals surface area contributed by atoms with Crippen LogP contribution in [0.3, 0.4) is 0 Å². The van der Waals surface area contributed by atoms with Gasteiger partial charge in [0.2, 0.25) is 6.29 Å². The zero-order valence-electron chi connectivity index (χ0n) is 18.6. The molecular weight excluding hydrogens is 464 g/mol. The molecule has 1 unspecified atom stereocenters. The second-order valence-electron chi connectivity index (χ2n) is 9.07. The molecule has 4 aliphatic rings. The van der Waals surface area contributed by atoms with Gasteiger partial charge in [0.15, 0.2) is 6.29 Å². The van der Waals surface area contributed by atoms with Crippen LogP contribution in [0.2, 0.25) is 0 Å². The maximum absolute atomic E-state index is 12.5. The number of hydrogen-bond acceptors (Lipinski definition) is 11. The normalized spacial score (nSPS) is 43.9. The number of aliphatic hydroxyl groups is 5. The van der Waals surface area contributed by atoms with Gasteiger partial charge in [0.1, 0.15) is 42.2 Å². The maximum Gasteiger partial charge on any atom is 0.331 e. The molecule has 11 nitrogen and oxygen atoms in total. The molecule has 35 heavy (non-hydrogen) atoms. The van der Waals surface area contributed by atoms with Crippen molar-refractivity contribution in [3.05, 3.63) is 54.3 Å². The number of aliphatic hydroxyl groups excluding tert-OH is 5. The average molecular weight is 492 g/mol.